The number of benzene rings is 3. The molecule has 31 heavy (non-hydrogen) atoms. The standard InChI is InChI=1S/C27H30N2O2/c1-18-6-4-5-7-24(18)20-8-10-21(11-9-20)27-25-15-28-16-26(27)29(25)17-19-12-22(30-2)14-23(13-19)31-3/h4-14,25-28H,15-17H2,1-3H3/t25-,26+,27?. The maximum atomic E-state index is 5.46. The van der Waals surface area contributed by atoms with Gasteiger partial charge in [-0.25, -0.2) is 0 Å². The fourth-order valence-corrected chi connectivity index (χ4v) is 5.31. The number of piperidine rings is 1. The number of hydrogen-bond acceptors (Lipinski definition) is 4. The molecule has 2 saturated heterocycles. The lowest BCUT2D eigenvalue weighted by Gasteiger charge is -2.59. The molecule has 0 aliphatic carbocycles. The van der Waals surface area contributed by atoms with Crippen LogP contribution in [-0.2, 0) is 6.54 Å². The topological polar surface area (TPSA) is 33.7 Å². The lowest BCUT2D eigenvalue weighted by Crippen LogP contribution is -2.72. The minimum atomic E-state index is 0.514. The maximum absolute atomic E-state index is 5.46. The lowest BCUT2D eigenvalue weighted by molar-refractivity contribution is -0.0484. The number of aryl methyl sites for hydroxylation is 1. The van der Waals surface area contributed by atoms with Gasteiger partial charge in [-0.2, -0.15) is 0 Å². The minimum absolute atomic E-state index is 0.514. The first-order valence-corrected chi connectivity index (χ1v) is 11.0. The van der Waals surface area contributed by atoms with Gasteiger partial charge in [0.1, 0.15) is 11.5 Å². The van der Waals surface area contributed by atoms with Gasteiger partial charge in [0.2, 0.25) is 0 Å². The van der Waals surface area contributed by atoms with Gasteiger partial charge in [-0.3, -0.25) is 4.90 Å². The average Bonchev–Trinajstić information content (AvgIpc) is 2.83. The van der Waals surface area contributed by atoms with Crippen LogP contribution in [0.1, 0.15) is 22.6 Å². The molecule has 0 amide bonds. The van der Waals surface area contributed by atoms with E-state index in [2.05, 4.69) is 77.8 Å². The number of piperazine rings is 1. The molecule has 3 aromatic rings. The zero-order valence-corrected chi connectivity index (χ0v) is 18.5. The molecule has 4 heteroatoms. The summed E-state index contributed by atoms with van der Waals surface area (Å²) in [4.78, 5) is 2.63. The van der Waals surface area contributed by atoms with Crippen LogP contribution < -0.4 is 14.8 Å². The summed E-state index contributed by atoms with van der Waals surface area (Å²) in [6.07, 6.45) is 0. The van der Waals surface area contributed by atoms with Crippen LogP contribution in [-0.4, -0.2) is 44.3 Å². The predicted molar refractivity (Wildman–Crippen MR) is 125 cm³/mol. The van der Waals surface area contributed by atoms with Crippen molar-refractivity contribution in [2.45, 2.75) is 31.5 Å². The van der Waals surface area contributed by atoms with Crippen molar-refractivity contribution >= 4 is 0 Å². The first-order valence-electron chi connectivity index (χ1n) is 11.0. The van der Waals surface area contributed by atoms with Crippen LogP contribution in [0.3, 0.4) is 0 Å². The van der Waals surface area contributed by atoms with Crippen molar-refractivity contribution < 1.29 is 9.47 Å². The van der Waals surface area contributed by atoms with Gasteiger partial charge in [0.15, 0.2) is 0 Å². The lowest BCUT2D eigenvalue weighted by atomic mass is 9.72. The third-order valence-corrected chi connectivity index (χ3v) is 6.92. The van der Waals surface area contributed by atoms with E-state index in [0.29, 0.717) is 18.0 Å². The molecule has 3 atom stereocenters. The minimum Gasteiger partial charge on any atom is -0.497 e. The third-order valence-electron chi connectivity index (χ3n) is 6.92. The van der Waals surface area contributed by atoms with Gasteiger partial charge in [-0.1, -0.05) is 48.5 Å². The number of hydrogen-bond donors (Lipinski definition) is 1. The fourth-order valence-electron chi connectivity index (χ4n) is 5.31. The Morgan fingerprint density at radius 1 is 0.871 bits per heavy atom. The average molecular weight is 415 g/mol. The summed E-state index contributed by atoms with van der Waals surface area (Å²) in [5.41, 5.74) is 6.62. The first-order chi connectivity index (χ1) is 15.2. The number of fused-ring (bicyclic) bond motifs is 2. The van der Waals surface area contributed by atoms with E-state index in [4.69, 9.17) is 9.47 Å². The van der Waals surface area contributed by atoms with Crippen molar-refractivity contribution in [3.8, 4) is 22.6 Å². The summed E-state index contributed by atoms with van der Waals surface area (Å²) < 4.78 is 10.9. The van der Waals surface area contributed by atoms with Crippen LogP contribution in [0.15, 0.2) is 66.7 Å². The highest BCUT2D eigenvalue weighted by molar-refractivity contribution is 5.67. The zero-order valence-electron chi connectivity index (χ0n) is 18.5. The van der Waals surface area contributed by atoms with Crippen LogP contribution in [0.5, 0.6) is 11.5 Å². The fraction of sp³-hybridized carbons (Fsp3) is 0.333. The molecule has 1 N–H and O–H groups in total. The number of methoxy groups -OCH3 is 2. The molecule has 4 nitrogen and oxygen atoms in total. The van der Waals surface area contributed by atoms with Gasteiger partial charge in [-0.05, 0) is 46.9 Å². The Morgan fingerprint density at radius 3 is 2.13 bits per heavy atom. The molecule has 0 aromatic heterocycles. The first kappa shape index (κ1) is 20.1. The summed E-state index contributed by atoms with van der Waals surface area (Å²) in [5, 5.41) is 3.60. The molecule has 2 fully saturated rings. The Labute approximate surface area is 184 Å². The van der Waals surface area contributed by atoms with E-state index < -0.39 is 0 Å². The van der Waals surface area contributed by atoms with E-state index in [9.17, 15) is 0 Å². The predicted octanol–water partition coefficient (Wildman–Crippen LogP) is 4.62. The quantitative estimate of drug-likeness (QED) is 0.638. The largest absolute Gasteiger partial charge is 0.497 e. The zero-order chi connectivity index (χ0) is 21.4. The second-order valence-corrected chi connectivity index (χ2v) is 8.65. The molecule has 2 aliphatic rings. The molecule has 160 valence electrons. The van der Waals surface area contributed by atoms with E-state index in [0.717, 1.165) is 31.1 Å². The molecule has 0 spiro atoms. The molecule has 3 aromatic carbocycles. The van der Waals surface area contributed by atoms with Gasteiger partial charge in [0, 0.05) is 43.7 Å². The summed E-state index contributed by atoms with van der Waals surface area (Å²) in [5.74, 6) is 2.28. The normalized spacial score (nSPS) is 22.6. The highest BCUT2D eigenvalue weighted by Gasteiger charge is 2.50. The van der Waals surface area contributed by atoms with E-state index in [1.807, 2.05) is 6.07 Å². The van der Waals surface area contributed by atoms with Gasteiger partial charge in [-0.15, -0.1) is 0 Å². The monoisotopic (exact) mass is 414 g/mol. The Hall–Kier alpha value is -2.82. The van der Waals surface area contributed by atoms with E-state index in [1.54, 1.807) is 14.2 Å². The van der Waals surface area contributed by atoms with Gasteiger partial charge < -0.3 is 14.8 Å². The van der Waals surface area contributed by atoms with Crippen molar-refractivity contribution in [1.29, 1.82) is 0 Å². The molecule has 0 saturated carbocycles. The summed E-state index contributed by atoms with van der Waals surface area (Å²) in [6, 6.07) is 25.0. The third kappa shape index (κ3) is 3.71. The van der Waals surface area contributed by atoms with Crippen molar-refractivity contribution in [3.63, 3.8) is 0 Å². The molecule has 2 aliphatic heterocycles. The second kappa shape index (κ2) is 8.37. The highest BCUT2D eigenvalue weighted by Crippen LogP contribution is 2.44. The molecule has 0 radical (unpaired) electrons. The Bertz CT molecular complexity index is 1030. The van der Waals surface area contributed by atoms with Crippen molar-refractivity contribution in [3.05, 3.63) is 83.4 Å². The SMILES string of the molecule is COc1cc(CN2[C@@H]3CNC[C@H]2C3c2ccc(-c3ccccc3C)cc2)cc(OC)c1. The Morgan fingerprint density at radius 2 is 1.52 bits per heavy atom. The van der Waals surface area contributed by atoms with Crippen LogP contribution >= 0.6 is 0 Å². The van der Waals surface area contributed by atoms with Crippen molar-refractivity contribution in [2.24, 2.45) is 0 Å². The van der Waals surface area contributed by atoms with Gasteiger partial charge >= 0.3 is 0 Å². The number of rotatable bonds is 6. The molecule has 1 unspecified atom stereocenters. The number of ether oxygens (including phenoxy) is 2. The van der Waals surface area contributed by atoms with Crippen LogP contribution in [0.25, 0.3) is 11.1 Å². The molecule has 2 heterocycles. The molecule has 5 rings (SSSR count). The highest BCUT2D eigenvalue weighted by atomic mass is 16.5. The Kier molecular flexibility index (Phi) is 5.43. The molecular weight excluding hydrogens is 384 g/mol. The smallest absolute Gasteiger partial charge is 0.122 e. The molecular formula is C27H30N2O2. The van der Waals surface area contributed by atoms with Crippen LogP contribution in [0.4, 0.5) is 0 Å². The number of nitrogens with zero attached hydrogens (tertiary/aromatic N) is 1. The van der Waals surface area contributed by atoms with Crippen LogP contribution in [0, 0.1) is 6.92 Å². The maximum Gasteiger partial charge on any atom is 0.122 e. The van der Waals surface area contributed by atoms with Gasteiger partial charge in [0.25, 0.3) is 0 Å². The van der Waals surface area contributed by atoms with Crippen molar-refractivity contribution in [1.82, 2.24) is 10.2 Å². The molecule has 2 bridgehead atoms. The summed E-state index contributed by atoms with van der Waals surface area (Å²) in [6.45, 7) is 5.16. The summed E-state index contributed by atoms with van der Waals surface area (Å²) >= 11 is 0. The van der Waals surface area contributed by atoms with Crippen molar-refractivity contribution in [2.75, 3.05) is 27.3 Å². The Balaban J connectivity index is 1.34. The second-order valence-electron chi connectivity index (χ2n) is 8.65. The summed E-state index contributed by atoms with van der Waals surface area (Å²) in [7, 11) is 3.41. The van der Waals surface area contributed by atoms with Crippen LogP contribution in [0.2, 0.25) is 0 Å². The van der Waals surface area contributed by atoms with Gasteiger partial charge in [0.05, 0.1) is 14.2 Å². The van der Waals surface area contributed by atoms with E-state index in [-0.39, 0.29) is 0 Å². The number of nitrogens with one attached hydrogen (secondary N) is 1. The van der Waals surface area contributed by atoms with E-state index in [1.165, 1.54) is 27.8 Å². The van der Waals surface area contributed by atoms with E-state index >= 15 is 0 Å².